The second kappa shape index (κ2) is 3.18. The topological polar surface area (TPSA) is 46.2 Å². The molecule has 0 unspecified atom stereocenters. The van der Waals surface area contributed by atoms with Crippen LogP contribution >= 0.6 is 0 Å². The first-order chi connectivity index (χ1) is 4.29. The third-order valence-electron chi connectivity index (χ3n) is 1.94. The van der Waals surface area contributed by atoms with Crippen LogP contribution in [0.3, 0.4) is 0 Å². The third kappa shape index (κ3) is 2.33. The predicted octanol–water partition coefficient (Wildman–Crippen LogP) is 0.639. The van der Waals surface area contributed by atoms with Crippen LogP contribution in [0.15, 0.2) is 0 Å². The molecule has 1 aliphatic rings. The molecule has 0 saturated heterocycles. The molecule has 0 radical (unpaired) electrons. The maximum absolute atomic E-state index is 9.18. The average Bonchev–Trinajstić information content (AvgIpc) is 1.93. The Morgan fingerprint density at radius 1 is 1.22 bits per heavy atom. The van der Waals surface area contributed by atoms with Gasteiger partial charge < -0.3 is 10.8 Å². The number of aliphatic hydroxyl groups excluding tert-OH is 1. The standard InChI is InChI=1S/C7H15NO/c8-6-3-1-2-4-7(9)5-6/h6-7,9H,1-5,8H2/t6-,7-/m0/s1. The van der Waals surface area contributed by atoms with Crippen molar-refractivity contribution >= 4 is 0 Å². The van der Waals surface area contributed by atoms with Crippen molar-refractivity contribution in [3.05, 3.63) is 0 Å². The summed E-state index contributed by atoms with van der Waals surface area (Å²) in [5.74, 6) is 0. The normalized spacial score (nSPS) is 38.0. The second-order valence-electron chi connectivity index (χ2n) is 2.93. The number of nitrogens with two attached hydrogens (primary N) is 1. The zero-order valence-corrected chi connectivity index (χ0v) is 5.71. The van der Waals surface area contributed by atoms with Gasteiger partial charge in [0, 0.05) is 6.04 Å². The van der Waals surface area contributed by atoms with Gasteiger partial charge in [0.05, 0.1) is 6.10 Å². The van der Waals surface area contributed by atoms with Gasteiger partial charge in [-0.3, -0.25) is 0 Å². The van der Waals surface area contributed by atoms with Crippen LogP contribution in [0.4, 0.5) is 0 Å². The Labute approximate surface area is 56.1 Å². The van der Waals surface area contributed by atoms with E-state index < -0.39 is 0 Å². The van der Waals surface area contributed by atoms with Gasteiger partial charge in [-0.1, -0.05) is 12.8 Å². The van der Waals surface area contributed by atoms with Crippen molar-refractivity contribution in [3.63, 3.8) is 0 Å². The lowest BCUT2D eigenvalue weighted by molar-refractivity contribution is 0.152. The van der Waals surface area contributed by atoms with Crippen molar-refractivity contribution in [2.24, 2.45) is 5.73 Å². The van der Waals surface area contributed by atoms with Crippen molar-refractivity contribution in [3.8, 4) is 0 Å². The predicted molar refractivity (Wildman–Crippen MR) is 37.1 cm³/mol. The highest BCUT2D eigenvalue weighted by Gasteiger charge is 2.13. The van der Waals surface area contributed by atoms with Gasteiger partial charge in [-0.05, 0) is 19.3 Å². The molecule has 3 N–H and O–H groups in total. The first-order valence-corrected chi connectivity index (χ1v) is 3.72. The fourth-order valence-corrected chi connectivity index (χ4v) is 1.37. The summed E-state index contributed by atoms with van der Waals surface area (Å²) in [7, 11) is 0. The lowest BCUT2D eigenvalue weighted by atomic mass is 10.1. The molecule has 2 atom stereocenters. The third-order valence-corrected chi connectivity index (χ3v) is 1.94. The van der Waals surface area contributed by atoms with Crippen molar-refractivity contribution in [1.82, 2.24) is 0 Å². The summed E-state index contributed by atoms with van der Waals surface area (Å²) in [6.45, 7) is 0. The van der Waals surface area contributed by atoms with Gasteiger partial charge in [0.15, 0.2) is 0 Å². The van der Waals surface area contributed by atoms with Gasteiger partial charge in [0.25, 0.3) is 0 Å². The summed E-state index contributed by atoms with van der Waals surface area (Å²) >= 11 is 0. The maximum atomic E-state index is 9.18. The number of hydrogen-bond donors (Lipinski definition) is 2. The Hall–Kier alpha value is -0.0800. The minimum Gasteiger partial charge on any atom is -0.393 e. The molecule has 54 valence electrons. The molecule has 1 rings (SSSR count). The van der Waals surface area contributed by atoms with Gasteiger partial charge in [0.1, 0.15) is 0 Å². The molecule has 1 fully saturated rings. The van der Waals surface area contributed by atoms with Gasteiger partial charge in [-0.15, -0.1) is 0 Å². The van der Waals surface area contributed by atoms with Gasteiger partial charge >= 0.3 is 0 Å². The minimum absolute atomic E-state index is 0.123. The molecular weight excluding hydrogens is 114 g/mol. The highest BCUT2D eigenvalue weighted by Crippen LogP contribution is 2.15. The molecule has 0 aliphatic heterocycles. The average molecular weight is 129 g/mol. The van der Waals surface area contributed by atoms with E-state index in [1.807, 2.05) is 0 Å². The molecule has 1 aliphatic carbocycles. The van der Waals surface area contributed by atoms with E-state index in [9.17, 15) is 5.11 Å². The van der Waals surface area contributed by atoms with E-state index in [1.165, 1.54) is 6.42 Å². The molecule has 0 heterocycles. The number of rotatable bonds is 0. The summed E-state index contributed by atoms with van der Waals surface area (Å²) < 4.78 is 0. The molecule has 0 bridgehead atoms. The molecule has 0 amide bonds. The molecule has 2 heteroatoms. The molecule has 0 aromatic heterocycles. The van der Waals surface area contributed by atoms with E-state index >= 15 is 0 Å². The maximum Gasteiger partial charge on any atom is 0.0555 e. The Bertz CT molecular complexity index is 75.0. The monoisotopic (exact) mass is 129 g/mol. The van der Waals surface area contributed by atoms with Crippen molar-refractivity contribution < 1.29 is 5.11 Å². The van der Waals surface area contributed by atoms with E-state index in [-0.39, 0.29) is 12.1 Å². The Morgan fingerprint density at radius 2 is 1.89 bits per heavy atom. The summed E-state index contributed by atoms with van der Waals surface area (Å²) in [6, 6.07) is 0.252. The van der Waals surface area contributed by atoms with Crippen LogP contribution in [0, 0.1) is 0 Å². The van der Waals surface area contributed by atoms with Crippen LogP contribution in [0.2, 0.25) is 0 Å². The molecule has 2 nitrogen and oxygen atoms in total. The van der Waals surface area contributed by atoms with Crippen LogP contribution in [0.25, 0.3) is 0 Å². The van der Waals surface area contributed by atoms with E-state index in [0.29, 0.717) is 0 Å². The summed E-state index contributed by atoms with van der Waals surface area (Å²) in [4.78, 5) is 0. The number of hydrogen-bond acceptors (Lipinski definition) is 2. The fraction of sp³-hybridized carbons (Fsp3) is 1.00. The largest absolute Gasteiger partial charge is 0.393 e. The molecule has 0 aromatic rings. The van der Waals surface area contributed by atoms with Gasteiger partial charge in [-0.25, -0.2) is 0 Å². The summed E-state index contributed by atoms with van der Waals surface area (Å²) in [5.41, 5.74) is 5.67. The lowest BCUT2D eigenvalue weighted by Crippen LogP contribution is -2.23. The fourth-order valence-electron chi connectivity index (χ4n) is 1.37. The highest BCUT2D eigenvalue weighted by atomic mass is 16.3. The number of aliphatic hydroxyl groups is 1. The zero-order chi connectivity index (χ0) is 6.69. The minimum atomic E-state index is -0.123. The van der Waals surface area contributed by atoms with E-state index in [4.69, 9.17) is 5.73 Å². The smallest absolute Gasteiger partial charge is 0.0555 e. The van der Waals surface area contributed by atoms with E-state index in [1.54, 1.807) is 0 Å². The molecular formula is C7H15NO. The molecule has 1 saturated carbocycles. The van der Waals surface area contributed by atoms with Gasteiger partial charge in [-0.2, -0.15) is 0 Å². The van der Waals surface area contributed by atoms with E-state index in [2.05, 4.69) is 0 Å². The van der Waals surface area contributed by atoms with Crippen LogP contribution < -0.4 is 5.73 Å². The first kappa shape index (κ1) is 7.03. The second-order valence-corrected chi connectivity index (χ2v) is 2.93. The van der Waals surface area contributed by atoms with Crippen molar-refractivity contribution in [1.29, 1.82) is 0 Å². The van der Waals surface area contributed by atoms with Crippen molar-refractivity contribution in [2.75, 3.05) is 0 Å². The quantitative estimate of drug-likeness (QED) is 0.471. The SMILES string of the molecule is N[C@H]1CCCC[C@H](O)C1. The van der Waals surface area contributed by atoms with Gasteiger partial charge in [0.2, 0.25) is 0 Å². The lowest BCUT2D eigenvalue weighted by Gasteiger charge is -2.09. The van der Waals surface area contributed by atoms with Crippen LogP contribution in [-0.2, 0) is 0 Å². The Morgan fingerprint density at radius 3 is 2.67 bits per heavy atom. The highest BCUT2D eigenvalue weighted by molar-refractivity contribution is 4.71. The summed E-state index contributed by atoms with van der Waals surface area (Å²) in [5, 5.41) is 9.18. The Kier molecular flexibility index (Phi) is 2.49. The van der Waals surface area contributed by atoms with Crippen molar-refractivity contribution in [2.45, 2.75) is 44.2 Å². The molecule has 0 aromatic carbocycles. The van der Waals surface area contributed by atoms with E-state index in [0.717, 1.165) is 25.7 Å². The molecule has 9 heavy (non-hydrogen) atoms. The van der Waals surface area contributed by atoms with Crippen LogP contribution in [-0.4, -0.2) is 17.3 Å². The zero-order valence-electron chi connectivity index (χ0n) is 5.71. The molecule has 0 spiro atoms. The van der Waals surface area contributed by atoms with Crippen LogP contribution in [0.5, 0.6) is 0 Å². The summed E-state index contributed by atoms with van der Waals surface area (Å²) in [6.07, 6.45) is 5.07. The van der Waals surface area contributed by atoms with Crippen LogP contribution in [0.1, 0.15) is 32.1 Å². The first-order valence-electron chi connectivity index (χ1n) is 3.72. The Balaban J connectivity index is 2.29.